The van der Waals surface area contributed by atoms with Crippen LogP contribution < -0.4 is 4.90 Å². The molecule has 0 saturated carbocycles. The Balaban J connectivity index is 1.39. The van der Waals surface area contributed by atoms with Crippen LogP contribution in [0.5, 0.6) is 0 Å². The molecule has 1 unspecified atom stereocenters. The molecule has 0 N–H and O–H groups in total. The van der Waals surface area contributed by atoms with E-state index in [4.69, 9.17) is 27.9 Å². The monoisotopic (exact) mass is 423 g/mol. The number of hydrogen-bond acceptors (Lipinski definition) is 4. The topological polar surface area (TPSA) is 39.3 Å². The van der Waals surface area contributed by atoms with Crippen LogP contribution in [0.3, 0.4) is 0 Å². The van der Waals surface area contributed by atoms with Crippen molar-refractivity contribution in [2.45, 2.75) is 44.8 Å². The number of rotatable bonds is 3. The van der Waals surface area contributed by atoms with Crippen molar-refractivity contribution in [1.29, 1.82) is 0 Å². The first kappa shape index (κ1) is 19.7. The standard InChI is InChI=1S/C21H27Cl2N3O2/c1-21(2)19(28-21)14-26-8-4-3-5-18(26)20(27)25-11-9-24(10-12-25)17-7-6-15(22)13-16(17)23/h6-7,13-14,18H,3-5,8-12H2,1-2H3/b19-14+. The number of carbonyl (C=O) groups is 1. The maximum Gasteiger partial charge on any atom is 0.245 e. The third-order valence-corrected chi connectivity index (χ3v) is 6.41. The van der Waals surface area contributed by atoms with E-state index in [1.165, 1.54) is 0 Å². The first-order valence-electron chi connectivity index (χ1n) is 10.0. The fourth-order valence-corrected chi connectivity index (χ4v) is 4.60. The van der Waals surface area contributed by atoms with Crippen LogP contribution in [0.25, 0.3) is 0 Å². The predicted molar refractivity (Wildman–Crippen MR) is 113 cm³/mol. The molecule has 0 aliphatic carbocycles. The van der Waals surface area contributed by atoms with Crippen molar-refractivity contribution in [2.24, 2.45) is 0 Å². The van der Waals surface area contributed by atoms with Gasteiger partial charge in [0.2, 0.25) is 5.91 Å². The summed E-state index contributed by atoms with van der Waals surface area (Å²) in [4.78, 5) is 19.7. The number of piperidine rings is 1. The summed E-state index contributed by atoms with van der Waals surface area (Å²) in [5.41, 5.74) is 0.810. The van der Waals surface area contributed by atoms with Crippen molar-refractivity contribution in [1.82, 2.24) is 9.80 Å². The quantitative estimate of drug-likeness (QED) is 0.684. The van der Waals surface area contributed by atoms with Gasteiger partial charge in [0.1, 0.15) is 6.04 Å². The van der Waals surface area contributed by atoms with E-state index in [0.717, 1.165) is 50.3 Å². The molecule has 3 saturated heterocycles. The summed E-state index contributed by atoms with van der Waals surface area (Å²) < 4.78 is 5.63. The lowest BCUT2D eigenvalue weighted by Crippen LogP contribution is -2.55. The van der Waals surface area contributed by atoms with Crippen molar-refractivity contribution < 1.29 is 9.53 Å². The second-order valence-electron chi connectivity index (χ2n) is 8.26. The number of nitrogens with zero attached hydrogens (tertiary/aromatic N) is 3. The van der Waals surface area contributed by atoms with E-state index in [2.05, 4.69) is 29.8 Å². The van der Waals surface area contributed by atoms with Crippen LogP contribution in [0, 0.1) is 0 Å². The minimum atomic E-state index is -0.172. The SMILES string of the molecule is CC1(C)O/C1=C/N1CCCCC1C(=O)N1CCN(c2ccc(Cl)cc2Cl)CC1. The highest BCUT2D eigenvalue weighted by Gasteiger charge is 2.44. The minimum Gasteiger partial charge on any atom is -0.478 e. The molecule has 1 amide bonds. The van der Waals surface area contributed by atoms with Crippen molar-refractivity contribution in [3.05, 3.63) is 40.2 Å². The van der Waals surface area contributed by atoms with E-state index in [1.54, 1.807) is 6.07 Å². The van der Waals surface area contributed by atoms with Crippen LogP contribution >= 0.6 is 23.2 Å². The molecule has 3 aliphatic heterocycles. The van der Waals surface area contributed by atoms with Crippen molar-refractivity contribution in [2.75, 3.05) is 37.6 Å². The molecular weight excluding hydrogens is 397 g/mol. The lowest BCUT2D eigenvalue weighted by Gasteiger charge is -2.41. The Bertz CT molecular complexity index is 788. The van der Waals surface area contributed by atoms with Gasteiger partial charge >= 0.3 is 0 Å². The van der Waals surface area contributed by atoms with Gasteiger partial charge in [0.05, 0.1) is 10.7 Å². The van der Waals surface area contributed by atoms with E-state index in [-0.39, 0.29) is 17.6 Å². The first-order valence-corrected chi connectivity index (χ1v) is 10.8. The van der Waals surface area contributed by atoms with Gasteiger partial charge in [-0.1, -0.05) is 23.2 Å². The number of halogens is 2. The van der Waals surface area contributed by atoms with E-state index in [1.807, 2.05) is 17.0 Å². The number of epoxide rings is 1. The molecule has 1 aromatic carbocycles. The number of carbonyl (C=O) groups excluding carboxylic acids is 1. The number of anilines is 1. The summed E-state index contributed by atoms with van der Waals surface area (Å²) >= 11 is 12.4. The van der Waals surface area contributed by atoms with Gasteiger partial charge in [-0.2, -0.15) is 0 Å². The maximum atomic E-state index is 13.2. The molecule has 1 aromatic rings. The van der Waals surface area contributed by atoms with E-state index in [9.17, 15) is 4.79 Å². The molecule has 0 bridgehead atoms. The lowest BCUT2D eigenvalue weighted by molar-refractivity contribution is -0.137. The van der Waals surface area contributed by atoms with Gasteiger partial charge in [-0.25, -0.2) is 0 Å². The van der Waals surface area contributed by atoms with Crippen LogP contribution in [0.4, 0.5) is 5.69 Å². The maximum absolute atomic E-state index is 13.2. The highest BCUT2D eigenvalue weighted by Crippen LogP contribution is 2.40. The molecule has 152 valence electrons. The molecule has 3 aliphatic rings. The molecule has 3 fully saturated rings. The first-order chi connectivity index (χ1) is 13.3. The molecule has 4 rings (SSSR count). The van der Waals surface area contributed by atoms with E-state index < -0.39 is 0 Å². The summed E-state index contributed by atoms with van der Waals surface area (Å²) in [7, 11) is 0. The summed E-state index contributed by atoms with van der Waals surface area (Å²) in [6.07, 6.45) is 5.19. The number of ether oxygens (including phenoxy) is 1. The van der Waals surface area contributed by atoms with Crippen LogP contribution in [0.1, 0.15) is 33.1 Å². The molecule has 0 spiro atoms. The summed E-state index contributed by atoms with van der Waals surface area (Å²) in [6, 6.07) is 5.50. The third-order valence-electron chi connectivity index (χ3n) is 5.87. The zero-order valence-corrected chi connectivity index (χ0v) is 18.0. The molecular formula is C21H27Cl2N3O2. The van der Waals surface area contributed by atoms with Crippen molar-refractivity contribution in [3.63, 3.8) is 0 Å². The summed E-state index contributed by atoms with van der Waals surface area (Å²) in [6.45, 7) is 8.00. The molecule has 5 nitrogen and oxygen atoms in total. The third kappa shape index (κ3) is 4.06. The van der Waals surface area contributed by atoms with Crippen molar-refractivity contribution >= 4 is 34.8 Å². The Kier molecular flexibility index (Phi) is 5.41. The Morgan fingerprint density at radius 2 is 1.86 bits per heavy atom. The molecule has 0 aromatic heterocycles. The number of piperazine rings is 1. The zero-order chi connectivity index (χ0) is 19.9. The van der Waals surface area contributed by atoms with Crippen LogP contribution in [-0.2, 0) is 9.53 Å². The Hall–Kier alpha value is -1.59. The highest BCUT2D eigenvalue weighted by atomic mass is 35.5. The molecule has 3 heterocycles. The Morgan fingerprint density at radius 1 is 1.14 bits per heavy atom. The normalized spacial score (nSPS) is 25.6. The van der Waals surface area contributed by atoms with Crippen LogP contribution in [0.2, 0.25) is 10.0 Å². The smallest absolute Gasteiger partial charge is 0.245 e. The summed E-state index contributed by atoms with van der Waals surface area (Å²) in [5.74, 6) is 1.21. The zero-order valence-electron chi connectivity index (χ0n) is 16.5. The Labute approximate surface area is 176 Å². The Morgan fingerprint density at radius 3 is 2.50 bits per heavy atom. The van der Waals surface area contributed by atoms with Crippen LogP contribution in [0.15, 0.2) is 30.2 Å². The number of amides is 1. The van der Waals surface area contributed by atoms with Crippen LogP contribution in [-0.4, -0.2) is 60.1 Å². The molecule has 1 atom stereocenters. The minimum absolute atomic E-state index is 0.0769. The largest absolute Gasteiger partial charge is 0.478 e. The van der Waals surface area contributed by atoms with Gasteiger partial charge in [0, 0.05) is 43.9 Å². The lowest BCUT2D eigenvalue weighted by atomic mass is 10.0. The van der Waals surface area contributed by atoms with E-state index >= 15 is 0 Å². The van der Waals surface area contributed by atoms with Gasteiger partial charge in [-0.05, 0) is 51.3 Å². The molecule has 7 heteroatoms. The number of hydrogen-bond donors (Lipinski definition) is 0. The van der Waals surface area contributed by atoms with Crippen molar-refractivity contribution in [3.8, 4) is 0 Å². The van der Waals surface area contributed by atoms with Gasteiger partial charge in [-0.3, -0.25) is 4.79 Å². The predicted octanol–water partition coefficient (Wildman–Crippen LogP) is 4.15. The fourth-order valence-electron chi connectivity index (χ4n) is 4.07. The average Bonchev–Trinajstić information content (AvgIpc) is 3.28. The number of benzene rings is 1. The molecule has 0 radical (unpaired) electrons. The van der Waals surface area contributed by atoms with E-state index in [0.29, 0.717) is 23.1 Å². The second kappa shape index (κ2) is 7.68. The van der Waals surface area contributed by atoms with Gasteiger partial charge in [0.25, 0.3) is 0 Å². The van der Waals surface area contributed by atoms with Gasteiger partial charge < -0.3 is 19.4 Å². The van der Waals surface area contributed by atoms with Gasteiger partial charge in [-0.15, -0.1) is 0 Å². The highest BCUT2D eigenvalue weighted by molar-refractivity contribution is 6.36. The number of likely N-dealkylation sites (tertiary alicyclic amines) is 1. The fraction of sp³-hybridized carbons (Fsp3) is 0.571. The average molecular weight is 424 g/mol. The molecule has 28 heavy (non-hydrogen) atoms. The summed E-state index contributed by atoms with van der Waals surface area (Å²) in [5, 5.41) is 1.29. The van der Waals surface area contributed by atoms with Gasteiger partial charge in [0.15, 0.2) is 11.4 Å². The second-order valence-corrected chi connectivity index (χ2v) is 9.11.